The number of ketones is 1. The highest BCUT2D eigenvalue weighted by Crippen LogP contribution is 2.31. The Balaban J connectivity index is 2.26. The summed E-state index contributed by atoms with van der Waals surface area (Å²) in [4.78, 5) is 26.2. The summed E-state index contributed by atoms with van der Waals surface area (Å²) in [6.45, 7) is 3.27. The summed E-state index contributed by atoms with van der Waals surface area (Å²) in [5.74, 6) is 0.00466. The summed E-state index contributed by atoms with van der Waals surface area (Å²) >= 11 is 6.02. The number of amides is 1. The van der Waals surface area contributed by atoms with Crippen LogP contribution in [0.2, 0.25) is 5.02 Å². The summed E-state index contributed by atoms with van der Waals surface area (Å²) in [6, 6.07) is 4.88. The molecule has 0 saturated heterocycles. The van der Waals surface area contributed by atoms with Crippen LogP contribution in [0.15, 0.2) is 24.4 Å². The van der Waals surface area contributed by atoms with Crippen molar-refractivity contribution in [1.82, 2.24) is 4.98 Å². The molecule has 0 aliphatic heterocycles. The van der Waals surface area contributed by atoms with Crippen LogP contribution >= 0.6 is 11.6 Å². The minimum Gasteiger partial charge on any atom is -0.495 e. The van der Waals surface area contributed by atoms with Crippen LogP contribution in [-0.4, -0.2) is 23.8 Å². The van der Waals surface area contributed by atoms with Gasteiger partial charge in [-0.25, -0.2) is 0 Å². The van der Waals surface area contributed by atoms with Crippen molar-refractivity contribution in [3.8, 4) is 5.75 Å². The largest absolute Gasteiger partial charge is 0.495 e. The fourth-order valence-corrected chi connectivity index (χ4v) is 2.00. The molecule has 6 heteroatoms. The number of carbonyl (C=O) groups is 2. The lowest BCUT2D eigenvalue weighted by Crippen LogP contribution is -2.13. The van der Waals surface area contributed by atoms with Gasteiger partial charge in [0, 0.05) is 22.8 Å². The number of nitrogens with one attached hydrogen (secondary N) is 2. The standard InChI is InChI=1S/C15H15ClN2O3/c1-8-4-12(14(21-3)6-11(8)16)18-15(20)13-5-10(7-17-13)9(2)19/h4-7,17H,1-3H3,(H,18,20). The molecule has 1 heterocycles. The summed E-state index contributed by atoms with van der Waals surface area (Å²) in [5.41, 5.74) is 2.10. The molecule has 1 aromatic heterocycles. The third-order valence-corrected chi connectivity index (χ3v) is 3.47. The van der Waals surface area contributed by atoms with Gasteiger partial charge in [0.05, 0.1) is 12.8 Å². The number of hydrogen-bond acceptors (Lipinski definition) is 3. The van der Waals surface area contributed by atoms with Crippen molar-refractivity contribution in [2.24, 2.45) is 0 Å². The molecule has 0 aliphatic rings. The Labute approximate surface area is 127 Å². The number of H-pyrrole nitrogens is 1. The number of ether oxygens (including phenoxy) is 1. The van der Waals surface area contributed by atoms with Gasteiger partial charge in [-0.05, 0) is 31.5 Å². The zero-order valence-electron chi connectivity index (χ0n) is 11.9. The van der Waals surface area contributed by atoms with Gasteiger partial charge < -0.3 is 15.0 Å². The topological polar surface area (TPSA) is 71.2 Å². The molecule has 0 bridgehead atoms. The fourth-order valence-electron chi connectivity index (χ4n) is 1.85. The van der Waals surface area contributed by atoms with Crippen LogP contribution in [0.5, 0.6) is 5.75 Å². The molecule has 110 valence electrons. The maximum atomic E-state index is 12.2. The average Bonchev–Trinajstić information content (AvgIpc) is 2.92. The molecule has 0 aliphatic carbocycles. The van der Waals surface area contributed by atoms with Gasteiger partial charge >= 0.3 is 0 Å². The Bertz CT molecular complexity index is 707. The first-order valence-electron chi connectivity index (χ1n) is 6.27. The number of aromatic amines is 1. The van der Waals surface area contributed by atoms with Gasteiger partial charge in [0.2, 0.25) is 0 Å². The maximum absolute atomic E-state index is 12.2. The minimum absolute atomic E-state index is 0.106. The van der Waals surface area contributed by atoms with E-state index in [4.69, 9.17) is 16.3 Å². The van der Waals surface area contributed by atoms with E-state index in [1.807, 2.05) is 6.92 Å². The number of benzene rings is 1. The van der Waals surface area contributed by atoms with Crippen LogP contribution in [0, 0.1) is 6.92 Å². The molecular formula is C15H15ClN2O3. The number of hydrogen-bond donors (Lipinski definition) is 2. The highest BCUT2D eigenvalue weighted by molar-refractivity contribution is 6.31. The summed E-state index contributed by atoms with van der Waals surface area (Å²) in [7, 11) is 1.50. The number of methoxy groups -OCH3 is 1. The number of rotatable bonds is 4. The second-order valence-electron chi connectivity index (χ2n) is 4.61. The van der Waals surface area contributed by atoms with E-state index in [1.54, 1.807) is 12.1 Å². The number of aromatic nitrogens is 1. The van der Waals surface area contributed by atoms with E-state index in [2.05, 4.69) is 10.3 Å². The van der Waals surface area contributed by atoms with E-state index in [-0.39, 0.29) is 11.7 Å². The third kappa shape index (κ3) is 3.25. The van der Waals surface area contributed by atoms with Gasteiger partial charge in [-0.3, -0.25) is 9.59 Å². The highest BCUT2D eigenvalue weighted by Gasteiger charge is 2.14. The Morgan fingerprint density at radius 2 is 2.00 bits per heavy atom. The Morgan fingerprint density at radius 3 is 2.57 bits per heavy atom. The van der Waals surface area contributed by atoms with Crippen molar-refractivity contribution in [2.45, 2.75) is 13.8 Å². The predicted octanol–water partition coefficient (Wildman–Crippen LogP) is 3.44. The smallest absolute Gasteiger partial charge is 0.272 e. The van der Waals surface area contributed by atoms with Crippen LogP contribution in [-0.2, 0) is 0 Å². The van der Waals surface area contributed by atoms with E-state index in [0.717, 1.165) is 5.56 Å². The third-order valence-electron chi connectivity index (χ3n) is 3.06. The monoisotopic (exact) mass is 306 g/mol. The van der Waals surface area contributed by atoms with Crippen molar-refractivity contribution in [3.63, 3.8) is 0 Å². The number of carbonyl (C=O) groups excluding carboxylic acids is 2. The van der Waals surface area contributed by atoms with Crippen LogP contribution < -0.4 is 10.1 Å². The Morgan fingerprint density at radius 1 is 1.29 bits per heavy atom. The summed E-state index contributed by atoms with van der Waals surface area (Å²) in [5, 5.41) is 3.29. The summed E-state index contributed by atoms with van der Waals surface area (Å²) < 4.78 is 5.20. The lowest BCUT2D eigenvalue weighted by atomic mass is 10.2. The number of aryl methyl sites for hydroxylation is 1. The molecule has 0 radical (unpaired) electrons. The molecule has 0 fully saturated rings. The van der Waals surface area contributed by atoms with Crippen molar-refractivity contribution < 1.29 is 14.3 Å². The SMILES string of the molecule is COc1cc(Cl)c(C)cc1NC(=O)c1cc(C(C)=O)c[nH]1. The lowest BCUT2D eigenvalue weighted by molar-refractivity contribution is 0.101. The summed E-state index contributed by atoms with van der Waals surface area (Å²) in [6.07, 6.45) is 1.50. The molecule has 0 saturated carbocycles. The molecule has 0 atom stereocenters. The second-order valence-corrected chi connectivity index (χ2v) is 5.02. The first-order valence-corrected chi connectivity index (χ1v) is 6.65. The predicted molar refractivity (Wildman–Crippen MR) is 81.5 cm³/mol. The van der Waals surface area contributed by atoms with Crippen molar-refractivity contribution >= 4 is 29.0 Å². The molecule has 0 unspecified atom stereocenters. The zero-order chi connectivity index (χ0) is 15.6. The van der Waals surface area contributed by atoms with Gasteiger partial charge in [0.15, 0.2) is 5.78 Å². The van der Waals surface area contributed by atoms with Crippen LogP contribution in [0.4, 0.5) is 5.69 Å². The molecule has 1 amide bonds. The molecule has 21 heavy (non-hydrogen) atoms. The minimum atomic E-state index is -0.359. The van der Waals surface area contributed by atoms with E-state index < -0.39 is 0 Å². The van der Waals surface area contributed by atoms with E-state index in [9.17, 15) is 9.59 Å². The number of Topliss-reactive ketones (excluding diaryl/α,β-unsaturated/α-hetero) is 1. The Hall–Kier alpha value is -2.27. The van der Waals surface area contributed by atoms with Crippen LogP contribution in [0.25, 0.3) is 0 Å². The lowest BCUT2D eigenvalue weighted by Gasteiger charge is -2.11. The fraction of sp³-hybridized carbons (Fsp3) is 0.200. The molecular weight excluding hydrogens is 292 g/mol. The van der Waals surface area contributed by atoms with Crippen LogP contribution in [0.1, 0.15) is 33.3 Å². The maximum Gasteiger partial charge on any atom is 0.272 e. The van der Waals surface area contributed by atoms with Gasteiger partial charge in [-0.1, -0.05) is 11.6 Å². The first kappa shape index (κ1) is 15.1. The van der Waals surface area contributed by atoms with Crippen molar-refractivity contribution in [1.29, 1.82) is 0 Å². The van der Waals surface area contributed by atoms with Crippen molar-refractivity contribution in [3.05, 3.63) is 46.2 Å². The normalized spacial score (nSPS) is 10.3. The number of halogens is 1. The molecule has 2 N–H and O–H groups in total. The highest BCUT2D eigenvalue weighted by atomic mass is 35.5. The number of anilines is 1. The van der Waals surface area contributed by atoms with Gasteiger partial charge in [-0.15, -0.1) is 0 Å². The second kappa shape index (κ2) is 6.01. The quantitative estimate of drug-likeness (QED) is 0.850. The molecule has 1 aromatic carbocycles. The van der Waals surface area contributed by atoms with Gasteiger partial charge in [0.25, 0.3) is 5.91 Å². The first-order chi connectivity index (χ1) is 9.92. The van der Waals surface area contributed by atoms with Crippen LogP contribution in [0.3, 0.4) is 0 Å². The molecule has 5 nitrogen and oxygen atoms in total. The van der Waals surface area contributed by atoms with E-state index in [1.165, 1.54) is 26.3 Å². The molecule has 2 aromatic rings. The van der Waals surface area contributed by atoms with E-state index >= 15 is 0 Å². The van der Waals surface area contributed by atoms with Gasteiger partial charge in [0.1, 0.15) is 11.4 Å². The zero-order valence-corrected chi connectivity index (χ0v) is 12.7. The Kier molecular flexibility index (Phi) is 4.33. The average molecular weight is 307 g/mol. The van der Waals surface area contributed by atoms with E-state index in [0.29, 0.717) is 27.7 Å². The van der Waals surface area contributed by atoms with Crippen molar-refractivity contribution in [2.75, 3.05) is 12.4 Å². The van der Waals surface area contributed by atoms with Gasteiger partial charge in [-0.2, -0.15) is 0 Å². The molecule has 0 spiro atoms. The molecule has 2 rings (SSSR count).